The van der Waals surface area contributed by atoms with Gasteiger partial charge >= 0.3 is 57.3 Å². The van der Waals surface area contributed by atoms with Crippen LogP contribution in [0.4, 0.5) is 0 Å². The Morgan fingerprint density at radius 1 is 1.00 bits per heavy atom. The van der Waals surface area contributed by atoms with E-state index in [-0.39, 0.29) is 71.3 Å². The Hall–Kier alpha value is 2.51. The SMILES string of the molecule is [LiH].[LiH].[Mn].[Ni].[O]=[Co]. The van der Waals surface area contributed by atoms with Crippen LogP contribution in [-0.2, 0) is 53.1 Å². The van der Waals surface area contributed by atoms with Gasteiger partial charge in [-0.05, 0) is 0 Å². The zero-order chi connectivity index (χ0) is 2.00. The molecule has 36 valence electrons. The first-order valence-electron chi connectivity index (χ1n) is 0.136. The Bertz CT molecular complexity index is 13.5. The third-order valence-electron chi connectivity index (χ3n) is 0. The molecular weight excluding hydrogens is 202 g/mol. The van der Waals surface area contributed by atoms with E-state index in [1.807, 2.05) is 0 Å². The summed E-state index contributed by atoms with van der Waals surface area (Å²) in [6.45, 7) is 0. The van der Waals surface area contributed by atoms with Crippen LogP contribution in [0.3, 0.4) is 0 Å². The normalized spacial score (nSPS) is 0.833. The van der Waals surface area contributed by atoms with Crippen molar-refractivity contribution < 1.29 is 53.1 Å². The molecule has 0 rings (SSSR count). The first-order valence-corrected chi connectivity index (χ1v) is 0.561. The topological polar surface area (TPSA) is 17.1 Å². The molecule has 0 fully saturated rings. The Morgan fingerprint density at radius 2 is 1.00 bits per heavy atom. The van der Waals surface area contributed by atoms with Crippen molar-refractivity contribution in [2.75, 3.05) is 0 Å². The van der Waals surface area contributed by atoms with Crippen LogP contribution in [0.2, 0.25) is 0 Å². The van der Waals surface area contributed by atoms with E-state index in [2.05, 4.69) is 15.7 Å². The van der Waals surface area contributed by atoms with Crippen LogP contribution in [0.15, 0.2) is 0 Å². The van der Waals surface area contributed by atoms with Crippen LogP contribution in [-0.4, -0.2) is 37.7 Å². The Kier molecular flexibility index (Phi) is 327. The molecular formula is H2CoLi2MnNiO. The summed E-state index contributed by atoms with van der Waals surface area (Å²) in [6, 6.07) is 0. The van der Waals surface area contributed by atoms with Crippen molar-refractivity contribution in [1.82, 2.24) is 0 Å². The van der Waals surface area contributed by atoms with Crippen molar-refractivity contribution in [3.63, 3.8) is 0 Å². The summed E-state index contributed by atoms with van der Waals surface area (Å²) in [6.07, 6.45) is 0. The molecule has 0 spiro atoms. The van der Waals surface area contributed by atoms with E-state index < -0.39 is 0 Å². The number of rotatable bonds is 0. The molecule has 0 aromatic rings. The molecule has 0 aliphatic rings. The molecule has 0 amide bonds. The monoisotopic (exact) mass is 204 g/mol. The Labute approximate surface area is 89.7 Å². The van der Waals surface area contributed by atoms with Gasteiger partial charge in [-0.25, -0.2) is 0 Å². The standard InChI is InChI=1S/Co.2Li.Mn.Ni.O.2H. The van der Waals surface area contributed by atoms with Crippen molar-refractivity contribution >= 4 is 37.7 Å². The van der Waals surface area contributed by atoms with Gasteiger partial charge in [-0.2, -0.15) is 0 Å². The average molecular weight is 204 g/mol. The van der Waals surface area contributed by atoms with E-state index >= 15 is 0 Å². The molecule has 0 N–H and O–H groups in total. The van der Waals surface area contributed by atoms with Gasteiger partial charge in [0.2, 0.25) is 0 Å². The minimum atomic E-state index is 0. The molecule has 0 aromatic carbocycles. The van der Waals surface area contributed by atoms with E-state index in [1.54, 1.807) is 0 Å². The van der Waals surface area contributed by atoms with Crippen molar-refractivity contribution in [3.8, 4) is 0 Å². The quantitative estimate of drug-likeness (QED) is 0.443. The van der Waals surface area contributed by atoms with Crippen LogP contribution < -0.4 is 0 Å². The second-order valence-corrected chi connectivity index (χ2v) is 0. The fourth-order valence-corrected chi connectivity index (χ4v) is 0. The maximum absolute atomic E-state index is 7.94. The van der Waals surface area contributed by atoms with Gasteiger partial charge in [0.1, 0.15) is 0 Å². The van der Waals surface area contributed by atoms with Gasteiger partial charge in [0.05, 0.1) is 0 Å². The zero-order valence-electron chi connectivity index (χ0n) is 1.44. The van der Waals surface area contributed by atoms with Crippen molar-refractivity contribution in [3.05, 3.63) is 0 Å². The fourth-order valence-electron chi connectivity index (χ4n) is 0. The molecule has 1 nitrogen and oxygen atoms in total. The van der Waals surface area contributed by atoms with Gasteiger partial charge in [0, 0.05) is 33.6 Å². The minimum absolute atomic E-state index is 0. The summed E-state index contributed by atoms with van der Waals surface area (Å²) < 4.78 is 7.94. The third-order valence-corrected chi connectivity index (χ3v) is 0. The van der Waals surface area contributed by atoms with Crippen molar-refractivity contribution in [1.29, 1.82) is 0 Å². The molecule has 0 aromatic heterocycles. The van der Waals surface area contributed by atoms with Gasteiger partial charge < -0.3 is 0 Å². The summed E-state index contributed by atoms with van der Waals surface area (Å²) in [7, 11) is 0. The summed E-state index contributed by atoms with van der Waals surface area (Å²) >= 11 is 2.31. The predicted molar refractivity (Wildman–Crippen MR) is 15.0 cm³/mol. The second-order valence-electron chi connectivity index (χ2n) is 0. The molecule has 0 aliphatic heterocycles. The van der Waals surface area contributed by atoms with Crippen molar-refractivity contribution in [2.24, 2.45) is 0 Å². The molecule has 0 aliphatic carbocycles. The molecule has 0 bridgehead atoms. The molecule has 1 radical (unpaired) electrons. The molecule has 0 heterocycles. The zero-order valence-corrected chi connectivity index (χ0v) is 4.64. The predicted octanol–water partition coefficient (Wildman–Crippen LogP) is -1.42. The van der Waals surface area contributed by atoms with Crippen LogP contribution in [0.1, 0.15) is 0 Å². The number of hydrogen-bond donors (Lipinski definition) is 0. The second kappa shape index (κ2) is 50.4. The van der Waals surface area contributed by atoms with Crippen LogP contribution in [0.25, 0.3) is 0 Å². The molecule has 0 atom stereocenters. The number of hydrogen-bond acceptors (Lipinski definition) is 1. The molecule has 6 heteroatoms. The summed E-state index contributed by atoms with van der Waals surface area (Å²) in [5.74, 6) is 0. The van der Waals surface area contributed by atoms with Crippen LogP contribution in [0.5, 0.6) is 0 Å². The Balaban J connectivity index is -0.000000000833. The van der Waals surface area contributed by atoms with Gasteiger partial charge in [0.25, 0.3) is 0 Å². The summed E-state index contributed by atoms with van der Waals surface area (Å²) in [5.41, 5.74) is 0. The first kappa shape index (κ1) is 38.9. The van der Waals surface area contributed by atoms with Gasteiger partial charge in [-0.1, -0.05) is 0 Å². The van der Waals surface area contributed by atoms with Crippen LogP contribution >= 0.6 is 0 Å². The van der Waals surface area contributed by atoms with Crippen LogP contribution in [0, 0.1) is 0 Å². The average Bonchev–Trinajstić information content (AvgIpc) is 1.00. The maximum atomic E-state index is 7.94. The first-order chi connectivity index (χ1) is 1.00. The van der Waals surface area contributed by atoms with E-state index in [0.29, 0.717) is 0 Å². The van der Waals surface area contributed by atoms with E-state index in [0.717, 1.165) is 0 Å². The molecule has 0 unspecified atom stereocenters. The van der Waals surface area contributed by atoms with E-state index in [4.69, 9.17) is 3.87 Å². The molecule has 0 saturated heterocycles. The van der Waals surface area contributed by atoms with Crippen molar-refractivity contribution in [2.45, 2.75) is 0 Å². The van der Waals surface area contributed by atoms with Gasteiger partial charge in [-0.15, -0.1) is 0 Å². The summed E-state index contributed by atoms with van der Waals surface area (Å²) in [4.78, 5) is 0. The molecule has 6 heavy (non-hydrogen) atoms. The fraction of sp³-hybridized carbons (Fsp3) is 0. The third kappa shape index (κ3) is 31.3. The van der Waals surface area contributed by atoms with Gasteiger partial charge in [-0.3, -0.25) is 0 Å². The van der Waals surface area contributed by atoms with Gasteiger partial charge in [0.15, 0.2) is 0 Å². The Morgan fingerprint density at radius 3 is 1.00 bits per heavy atom. The molecule has 0 saturated carbocycles. The van der Waals surface area contributed by atoms with E-state index in [9.17, 15) is 0 Å². The van der Waals surface area contributed by atoms with E-state index in [1.165, 1.54) is 0 Å². The summed E-state index contributed by atoms with van der Waals surface area (Å²) in [5, 5.41) is 0.